The van der Waals surface area contributed by atoms with E-state index in [2.05, 4.69) is 60.1 Å². The lowest BCUT2D eigenvalue weighted by Crippen LogP contribution is -2.33. The number of rotatable bonds is 5. The van der Waals surface area contributed by atoms with Gasteiger partial charge in [-0.05, 0) is 38.8 Å². The number of fused-ring (bicyclic) bond motifs is 1. The number of hydrogen-bond acceptors (Lipinski definition) is 6. The zero-order valence-corrected chi connectivity index (χ0v) is 17.4. The average molecular weight is 393 g/mol. The van der Waals surface area contributed by atoms with Crippen molar-refractivity contribution in [1.82, 2.24) is 30.0 Å². The number of hydrogen-bond donors (Lipinski definition) is 2. The predicted molar refractivity (Wildman–Crippen MR) is 112 cm³/mol. The van der Waals surface area contributed by atoms with E-state index in [1.54, 1.807) is 7.05 Å². The van der Waals surface area contributed by atoms with Crippen molar-refractivity contribution in [3.05, 3.63) is 52.9 Å². The van der Waals surface area contributed by atoms with E-state index in [0.717, 1.165) is 54.5 Å². The van der Waals surface area contributed by atoms with Crippen LogP contribution in [0.2, 0.25) is 0 Å². The summed E-state index contributed by atoms with van der Waals surface area (Å²) in [7, 11) is 1.60. The zero-order valence-electron chi connectivity index (χ0n) is 17.4. The monoisotopic (exact) mass is 393 g/mol. The molecule has 4 rings (SSSR count). The Kier molecular flexibility index (Phi) is 5.19. The number of nitrogens with one attached hydrogen (secondary N) is 2. The number of aryl methyl sites for hydroxylation is 2. The fraction of sp³-hybridized carbons (Fsp3) is 0.429. The minimum atomic E-state index is -0.258. The molecule has 29 heavy (non-hydrogen) atoms. The van der Waals surface area contributed by atoms with Crippen LogP contribution in [0.4, 0.5) is 5.82 Å². The molecule has 1 atom stereocenters. The van der Waals surface area contributed by atoms with E-state index < -0.39 is 0 Å². The summed E-state index contributed by atoms with van der Waals surface area (Å²) in [6.45, 7) is 8.52. The molecule has 0 spiro atoms. The minimum absolute atomic E-state index is 0.225. The van der Waals surface area contributed by atoms with Gasteiger partial charge < -0.3 is 19.9 Å². The van der Waals surface area contributed by atoms with Crippen LogP contribution in [0.15, 0.2) is 24.5 Å². The van der Waals surface area contributed by atoms with Gasteiger partial charge in [0.25, 0.3) is 5.91 Å². The van der Waals surface area contributed by atoms with E-state index >= 15 is 0 Å². The molecule has 1 amide bonds. The highest BCUT2D eigenvalue weighted by molar-refractivity contribution is 5.90. The van der Waals surface area contributed by atoms with Crippen LogP contribution in [-0.4, -0.2) is 51.4 Å². The molecule has 152 valence electrons. The number of imidazole rings is 1. The topological polar surface area (TPSA) is 87.5 Å². The van der Waals surface area contributed by atoms with Crippen molar-refractivity contribution in [3.8, 4) is 0 Å². The molecular formula is C21H27N7O. The van der Waals surface area contributed by atoms with Crippen LogP contribution in [0.5, 0.6) is 0 Å². The molecule has 8 heteroatoms. The first-order valence-corrected chi connectivity index (χ1v) is 9.95. The molecule has 1 aliphatic heterocycles. The number of carbonyl (C=O) groups is 1. The van der Waals surface area contributed by atoms with Gasteiger partial charge in [0.2, 0.25) is 5.82 Å². The fourth-order valence-electron chi connectivity index (χ4n) is 3.84. The van der Waals surface area contributed by atoms with E-state index in [-0.39, 0.29) is 11.7 Å². The second kappa shape index (κ2) is 7.79. The Morgan fingerprint density at radius 3 is 2.90 bits per heavy atom. The van der Waals surface area contributed by atoms with Crippen molar-refractivity contribution >= 4 is 17.4 Å². The Bertz CT molecular complexity index is 1060. The zero-order chi connectivity index (χ0) is 20.5. The highest BCUT2D eigenvalue weighted by atomic mass is 16.2. The van der Waals surface area contributed by atoms with Crippen molar-refractivity contribution < 1.29 is 4.79 Å². The summed E-state index contributed by atoms with van der Waals surface area (Å²) in [5, 5.41) is 6.26. The normalized spacial score (nSPS) is 16.6. The lowest BCUT2D eigenvalue weighted by Gasteiger charge is -2.21. The molecule has 1 aliphatic rings. The van der Waals surface area contributed by atoms with Crippen LogP contribution in [0.3, 0.4) is 0 Å². The number of aromatic nitrogens is 4. The van der Waals surface area contributed by atoms with Crippen molar-refractivity contribution in [2.24, 2.45) is 0 Å². The smallest absolute Gasteiger partial charge is 0.288 e. The summed E-state index contributed by atoms with van der Waals surface area (Å²) < 4.78 is 2.14. The molecule has 0 saturated carbocycles. The van der Waals surface area contributed by atoms with E-state index in [1.807, 2.05) is 20.0 Å². The standard InChI is InChI=1S/C21H27N7O/c1-13-6-5-8-28-17(11-24-19(13)28)10-23-16-7-9-27(12-16)20-14(2)15(3)25-18(26-20)21(29)22-4/h5-6,8,11,16,23H,7,9-10,12H2,1-4H3,(H,22,29)/t16-/m1/s1. The third kappa shape index (κ3) is 3.67. The van der Waals surface area contributed by atoms with Gasteiger partial charge in [-0.15, -0.1) is 0 Å². The first kappa shape index (κ1) is 19.3. The maximum atomic E-state index is 12.0. The quantitative estimate of drug-likeness (QED) is 0.687. The van der Waals surface area contributed by atoms with Gasteiger partial charge >= 0.3 is 0 Å². The molecule has 3 aromatic heterocycles. The Labute approximate surface area is 170 Å². The van der Waals surface area contributed by atoms with Crippen molar-refractivity contribution in [3.63, 3.8) is 0 Å². The average Bonchev–Trinajstić information content (AvgIpc) is 3.35. The van der Waals surface area contributed by atoms with Crippen molar-refractivity contribution in [2.45, 2.75) is 39.8 Å². The SMILES string of the molecule is CNC(=O)c1nc(C)c(C)c(N2CC[C@@H](NCc3cnc4c(C)cccn34)C2)n1. The summed E-state index contributed by atoms with van der Waals surface area (Å²) in [6, 6.07) is 4.48. The summed E-state index contributed by atoms with van der Waals surface area (Å²) in [4.78, 5) is 27.6. The van der Waals surface area contributed by atoms with Crippen LogP contribution in [0.25, 0.3) is 5.65 Å². The molecular weight excluding hydrogens is 366 g/mol. The summed E-state index contributed by atoms with van der Waals surface area (Å²) in [5.74, 6) is 0.820. The number of amides is 1. The van der Waals surface area contributed by atoms with Crippen LogP contribution < -0.4 is 15.5 Å². The Balaban J connectivity index is 1.46. The molecule has 0 unspecified atom stereocenters. The van der Waals surface area contributed by atoms with Gasteiger partial charge in [0.1, 0.15) is 11.5 Å². The maximum Gasteiger partial charge on any atom is 0.288 e. The van der Waals surface area contributed by atoms with Crippen LogP contribution in [-0.2, 0) is 6.54 Å². The van der Waals surface area contributed by atoms with Crippen molar-refractivity contribution in [2.75, 3.05) is 25.0 Å². The fourth-order valence-corrected chi connectivity index (χ4v) is 3.84. The van der Waals surface area contributed by atoms with Gasteiger partial charge in [-0.2, -0.15) is 0 Å². The second-order valence-electron chi connectivity index (χ2n) is 7.61. The maximum absolute atomic E-state index is 12.0. The molecule has 0 aliphatic carbocycles. The van der Waals surface area contributed by atoms with E-state index in [1.165, 1.54) is 5.56 Å². The van der Waals surface area contributed by atoms with Gasteiger partial charge in [-0.3, -0.25) is 4.79 Å². The largest absolute Gasteiger partial charge is 0.355 e. The highest BCUT2D eigenvalue weighted by Crippen LogP contribution is 2.24. The Hall–Kier alpha value is -3.00. The van der Waals surface area contributed by atoms with Gasteiger partial charge in [0.05, 0.1) is 11.9 Å². The van der Waals surface area contributed by atoms with Gasteiger partial charge in [-0.25, -0.2) is 15.0 Å². The molecule has 0 radical (unpaired) electrons. The Morgan fingerprint density at radius 1 is 1.28 bits per heavy atom. The molecule has 1 fully saturated rings. The number of carbonyl (C=O) groups excluding carboxylic acids is 1. The third-order valence-electron chi connectivity index (χ3n) is 5.66. The van der Waals surface area contributed by atoms with Crippen LogP contribution in [0, 0.1) is 20.8 Å². The molecule has 0 aromatic carbocycles. The lowest BCUT2D eigenvalue weighted by molar-refractivity contribution is 0.0952. The number of anilines is 1. The highest BCUT2D eigenvalue weighted by Gasteiger charge is 2.26. The molecule has 0 bridgehead atoms. The first-order valence-electron chi connectivity index (χ1n) is 9.95. The van der Waals surface area contributed by atoms with E-state index in [4.69, 9.17) is 0 Å². The molecule has 2 N–H and O–H groups in total. The van der Waals surface area contributed by atoms with Gasteiger partial charge in [-0.1, -0.05) is 6.07 Å². The van der Waals surface area contributed by atoms with Crippen LogP contribution >= 0.6 is 0 Å². The second-order valence-corrected chi connectivity index (χ2v) is 7.61. The molecule has 8 nitrogen and oxygen atoms in total. The van der Waals surface area contributed by atoms with Gasteiger partial charge in [0, 0.05) is 50.2 Å². The van der Waals surface area contributed by atoms with E-state index in [9.17, 15) is 4.79 Å². The third-order valence-corrected chi connectivity index (χ3v) is 5.66. The van der Waals surface area contributed by atoms with Crippen molar-refractivity contribution in [1.29, 1.82) is 0 Å². The first-order chi connectivity index (χ1) is 14.0. The molecule has 3 aromatic rings. The number of nitrogens with zero attached hydrogens (tertiary/aromatic N) is 5. The minimum Gasteiger partial charge on any atom is -0.355 e. The number of pyridine rings is 1. The molecule has 1 saturated heterocycles. The molecule has 4 heterocycles. The summed E-state index contributed by atoms with van der Waals surface area (Å²) >= 11 is 0. The predicted octanol–water partition coefficient (Wildman–Crippen LogP) is 1.78. The summed E-state index contributed by atoms with van der Waals surface area (Å²) in [6.07, 6.45) is 5.02. The van der Waals surface area contributed by atoms with Crippen LogP contribution in [0.1, 0.15) is 39.6 Å². The lowest BCUT2D eigenvalue weighted by atomic mass is 10.2. The van der Waals surface area contributed by atoms with Gasteiger partial charge in [0.15, 0.2) is 0 Å². The Morgan fingerprint density at radius 2 is 2.10 bits per heavy atom. The van der Waals surface area contributed by atoms with E-state index in [0.29, 0.717) is 6.04 Å². The summed E-state index contributed by atoms with van der Waals surface area (Å²) in [5.41, 5.74) is 5.19.